The number of aliphatic hydroxyl groups excluding tert-OH is 1. The summed E-state index contributed by atoms with van der Waals surface area (Å²) >= 11 is 0. The number of anilines is 1. The summed E-state index contributed by atoms with van der Waals surface area (Å²) in [6, 6.07) is 30.4. The first-order valence-corrected chi connectivity index (χ1v) is 17.3. The van der Waals surface area contributed by atoms with Crippen LogP contribution >= 0.6 is 0 Å². The summed E-state index contributed by atoms with van der Waals surface area (Å²) in [7, 11) is 0. The quantitative estimate of drug-likeness (QED) is 0.0672. The monoisotopic (exact) mass is 689 g/mol. The molecule has 0 heterocycles. The third-order valence-corrected chi connectivity index (χ3v) is 8.58. The number of esters is 1. The maximum absolute atomic E-state index is 13.7. The number of amides is 3. The first kappa shape index (κ1) is 38.3. The molecule has 0 saturated heterocycles. The number of aliphatic hydroxyl groups is 1. The Morgan fingerprint density at radius 1 is 0.725 bits per heavy atom. The number of fused-ring (bicyclic) bond motifs is 1. The number of carbonyl (C=O) groups is 4. The molecule has 0 aliphatic carbocycles. The average molecular weight is 690 g/mol. The summed E-state index contributed by atoms with van der Waals surface area (Å²) in [4.78, 5) is 54.0. The Labute approximate surface area is 299 Å². The molecule has 9 nitrogen and oxygen atoms in total. The first-order valence-electron chi connectivity index (χ1n) is 17.3. The van der Waals surface area contributed by atoms with Gasteiger partial charge in [-0.05, 0) is 66.1 Å². The van der Waals surface area contributed by atoms with E-state index in [0.29, 0.717) is 31.4 Å². The molecule has 0 aliphatic heterocycles. The third-order valence-electron chi connectivity index (χ3n) is 8.58. The zero-order valence-corrected chi connectivity index (χ0v) is 28.8. The minimum atomic E-state index is -1.26. The Bertz CT molecular complexity index is 1760. The van der Waals surface area contributed by atoms with Crippen LogP contribution in [0.25, 0.3) is 10.8 Å². The van der Waals surface area contributed by atoms with Crippen LogP contribution in [0.15, 0.2) is 128 Å². The van der Waals surface area contributed by atoms with Crippen molar-refractivity contribution in [2.24, 2.45) is 11.8 Å². The van der Waals surface area contributed by atoms with Gasteiger partial charge in [-0.3, -0.25) is 19.2 Å². The summed E-state index contributed by atoms with van der Waals surface area (Å²) in [5.41, 5.74) is 2.43. The molecule has 266 valence electrons. The minimum absolute atomic E-state index is 0.154. The van der Waals surface area contributed by atoms with E-state index in [1.54, 1.807) is 12.1 Å². The van der Waals surface area contributed by atoms with Crippen molar-refractivity contribution in [1.29, 1.82) is 0 Å². The van der Waals surface area contributed by atoms with Crippen LogP contribution in [0.1, 0.15) is 36.8 Å². The van der Waals surface area contributed by atoms with E-state index >= 15 is 0 Å². The Morgan fingerprint density at radius 3 is 2.02 bits per heavy atom. The van der Waals surface area contributed by atoms with Crippen molar-refractivity contribution in [3.05, 3.63) is 140 Å². The van der Waals surface area contributed by atoms with Crippen LogP contribution in [0.4, 0.5) is 5.69 Å². The summed E-state index contributed by atoms with van der Waals surface area (Å²) in [5, 5.41) is 20.2. The van der Waals surface area contributed by atoms with Gasteiger partial charge in [0.25, 0.3) is 5.91 Å². The minimum Gasteiger partial charge on any atom is -0.463 e. The zero-order chi connectivity index (χ0) is 36.4. The highest BCUT2D eigenvalue weighted by molar-refractivity contribution is 5.99. The lowest BCUT2D eigenvalue weighted by Gasteiger charge is -2.24. The van der Waals surface area contributed by atoms with Crippen molar-refractivity contribution in [3.8, 4) is 0 Å². The molecule has 4 aromatic carbocycles. The molecule has 4 N–H and O–H groups in total. The number of benzene rings is 4. The van der Waals surface area contributed by atoms with Gasteiger partial charge in [-0.15, -0.1) is 13.2 Å². The Hall–Kier alpha value is -5.54. The number of ether oxygens (including phenoxy) is 1. The lowest BCUT2D eigenvalue weighted by atomic mass is 9.95. The van der Waals surface area contributed by atoms with Gasteiger partial charge in [-0.25, -0.2) is 0 Å². The standard InChI is InChI=1S/C42H47N3O6/c1-3-5-19-35(24-30-15-8-6-9-16-30)42(50)51-29-38(41(49)44-36-23-22-32-20-12-13-21-33(32)26-36)45-40(48)34(14-4-2)27-39(47)43-37(28-46)25-31-17-10-7-11-18-31/h3-4,6-13,15-18,20-23,26,34-35,37-38,46H,1-2,5,14,19,24-25,27-29H2,(H,43,47)(H,44,49)(H,45,48). The van der Waals surface area contributed by atoms with E-state index in [9.17, 15) is 24.3 Å². The second-order valence-electron chi connectivity index (χ2n) is 12.6. The topological polar surface area (TPSA) is 134 Å². The van der Waals surface area contributed by atoms with Crippen molar-refractivity contribution >= 4 is 40.2 Å². The van der Waals surface area contributed by atoms with Crippen molar-refractivity contribution < 1.29 is 29.0 Å². The molecule has 0 aromatic heterocycles. The fourth-order valence-corrected chi connectivity index (χ4v) is 5.83. The lowest BCUT2D eigenvalue weighted by molar-refractivity contribution is -0.150. The Morgan fingerprint density at radius 2 is 1.37 bits per heavy atom. The number of rotatable bonds is 20. The van der Waals surface area contributed by atoms with Crippen molar-refractivity contribution in [3.63, 3.8) is 0 Å². The molecule has 0 bridgehead atoms. The highest BCUT2D eigenvalue weighted by Crippen LogP contribution is 2.20. The average Bonchev–Trinajstić information content (AvgIpc) is 3.15. The van der Waals surface area contributed by atoms with Crippen LogP contribution in [0, 0.1) is 11.8 Å². The van der Waals surface area contributed by atoms with Gasteiger partial charge in [0.2, 0.25) is 11.8 Å². The molecule has 3 amide bonds. The molecule has 0 fully saturated rings. The molecular weight excluding hydrogens is 642 g/mol. The molecule has 4 aromatic rings. The fourth-order valence-electron chi connectivity index (χ4n) is 5.83. The second kappa shape index (κ2) is 20.2. The molecule has 4 atom stereocenters. The van der Waals surface area contributed by atoms with E-state index in [1.165, 1.54) is 6.08 Å². The highest BCUT2D eigenvalue weighted by atomic mass is 16.5. The van der Waals surface area contributed by atoms with E-state index in [0.717, 1.165) is 21.9 Å². The predicted molar refractivity (Wildman–Crippen MR) is 201 cm³/mol. The smallest absolute Gasteiger partial charge is 0.309 e. The molecule has 4 rings (SSSR count). The molecule has 9 heteroatoms. The van der Waals surface area contributed by atoms with E-state index in [2.05, 4.69) is 29.1 Å². The van der Waals surface area contributed by atoms with Crippen LogP contribution < -0.4 is 16.0 Å². The third kappa shape index (κ3) is 12.4. The molecule has 0 aliphatic rings. The number of carbonyl (C=O) groups excluding carboxylic acids is 4. The Balaban J connectivity index is 1.48. The number of hydrogen-bond donors (Lipinski definition) is 4. The van der Waals surface area contributed by atoms with Crippen molar-refractivity contribution in [1.82, 2.24) is 10.6 Å². The summed E-state index contributed by atoms with van der Waals surface area (Å²) in [6.07, 6.45) is 5.19. The van der Waals surface area contributed by atoms with Gasteiger partial charge in [0.05, 0.1) is 24.5 Å². The zero-order valence-electron chi connectivity index (χ0n) is 28.8. The number of allylic oxidation sites excluding steroid dienone is 2. The molecular formula is C42H47N3O6. The van der Waals surface area contributed by atoms with Gasteiger partial charge in [0.1, 0.15) is 12.6 Å². The van der Waals surface area contributed by atoms with Crippen LogP contribution in [0.2, 0.25) is 0 Å². The highest BCUT2D eigenvalue weighted by Gasteiger charge is 2.30. The summed E-state index contributed by atoms with van der Waals surface area (Å²) < 4.78 is 5.73. The Kier molecular flexibility index (Phi) is 15.2. The summed E-state index contributed by atoms with van der Waals surface area (Å²) in [6.45, 7) is 6.83. The van der Waals surface area contributed by atoms with Gasteiger partial charge in [-0.2, -0.15) is 0 Å². The van der Waals surface area contributed by atoms with E-state index < -0.39 is 54.2 Å². The normalized spacial score (nSPS) is 13.2. The van der Waals surface area contributed by atoms with Crippen LogP contribution in [0.3, 0.4) is 0 Å². The second-order valence-corrected chi connectivity index (χ2v) is 12.6. The maximum atomic E-state index is 13.7. The van der Waals surface area contributed by atoms with E-state index in [4.69, 9.17) is 4.74 Å². The van der Waals surface area contributed by atoms with Gasteiger partial charge in [0.15, 0.2) is 0 Å². The van der Waals surface area contributed by atoms with Crippen LogP contribution in [-0.2, 0) is 36.8 Å². The van der Waals surface area contributed by atoms with Gasteiger partial charge in [0, 0.05) is 12.1 Å². The van der Waals surface area contributed by atoms with Crippen LogP contribution in [0.5, 0.6) is 0 Å². The maximum Gasteiger partial charge on any atom is 0.309 e. The first-order chi connectivity index (χ1) is 24.8. The molecule has 4 unspecified atom stereocenters. The molecule has 0 radical (unpaired) electrons. The fraction of sp³-hybridized carbons (Fsp3) is 0.286. The van der Waals surface area contributed by atoms with Gasteiger partial charge in [-0.1, -0.05) is 103 Å². The summed E-state index contributed by atoms with van der Waals surface area (Å²) in [5.74, 6) is -3.44. The van der Waals surface area contributed by atoms with Gasteiger partial charge >= 0.3 is 5.97 Å². The van der Waals surface area contributed by atoms with E-state index in [-0.39, 0.29) is 19.4 Å². The van der Waals surface area contributed by atoms with Crippen molar-refractivity contribution in [2.75, 3.05) is 18.5 Å². The molecule has 0 saturated carbocycles. The number of nitrogens with one attached hydrogen (secondary N) is 3. The van der Waals surface area contributed by atoms with E-state index in [1.807, 2.05) is 97.1 Å². The van der Waals surface area contributed by atoms with Gasteiger partial charge < -0.3 is 25.8 Å². The lowest BCUT2D eigenvalue weighted by Crippen LogP contribution is -2.50. The van der Waals surface area contributed by atoms with Crippen LogP contribution in [-0.4, -0.2) is 54.1 Å². The largest absolute Gasteiger partial charge is 0.463 e. The molecule has 51 heavy (non-hydrogen) atoms. The number of hydrogen-bond acceptors (Lipinski definition) is 6. The molecule has 0 spiro atoms. The van der Waals surface area contributed by atoms with Crippen molar-refractivity contribution in [2.45, 2.75) is 50.6 Å². The SMILES string of the molecule is C=CCCC(Cc1ccccc1)C(=O)OCC(NC(=O)C(CC=C)CC(=O)NC(CO)Cc1ccccc1)C(=O)Nc1ccc2ccccc2c1. The predicted octanol–water partition coefficient (Wildman–Crippen LogP) is 5.93.